The van der Waals surface area contributed by atoms with Gasteiger partial charge in [0, 0.05) is 12.1 Å². The van der Waals surface area contributed by atoms with Gasteiger partial charge in [0.15, 0.2) is 0 Å². The fourth-order valence-electron chi connectivity index (χ4n) is 1.84. The molecule has 1 amide bonds. The molecule has 4 nitrogen and oxygen atoms in total. The summed E-state index contributed by atoms with van der Waals surface area (Å²) in [7, 11) is 0. The Bertz CT molecular complexity index is 396. The second kappa shape index (κ2) is 7.48. The molecule has 1 aliphatic rings. The van der Waals surface area contributed by atoms with Crippen molar-refractivity contribution in [1.82, 2.24) is 5.32 Å². The molecule has 1 aromatic carbocycles. The number of aryl methyl sites for hydroxylation is 1. The number of nitrogens with one attached hydrogen (secondary N) is 1. The number of hydrogen-bond acceptors (Lipinski definition) is 3. The van der Waals surface area contributed by atoms with E-state index < -0.39 is 12.1 Å². The van der Waals surface area contributed by atoms with Crippen LogP contribution in [0.2, 0.25) is 0 Å². The molecule has 0 saturated heterocycles. The van der Waals surface area contributed by atoms with Crippen molar-refractivity contribution >= 4 is 18.3 Å². The van der Waals surface area contributed by atoms with E-state index >= 15 is 0 Å². The summed E-state index contributed by atoms with van der Waals surface area (Å²) >= 11 is 0. The summed E-state index contributed by atoms with van der Waals surface area (Å²) in [6.45, 7) is 0. The highest BCUT2D eigenvalue weighted by molar-refractivity contribution is 5.85. The van der Waals surface area contributed by atoms with Gasteiger partial charge in [0.2, 0.25) is 0 Å². The first kappa shape index (κ1) is 16.0. The molecular weight excluding hydrogens is 264 g/mol. The van der Waals surface area contributed by atoms with Gasteiger partial charge in [0.05, 0.1) is 0 Å². The van der Waals surface area contributed by atoms with Crippen LogP contribution < -0.4 is 11.1 Å². The van der Waals surface area contributed by atoms with E-state index in [1.54, 1.807) is 0 Å². The van der Waals surface area contributed by atoms with Gasteiger partial charge in [-0.1, -0.05) is 30.3 Å². The SMILES string of the molecule is Cl.N[C@@H](CCc1ccccc1)C(O)C(=O)NC1CC1. The van der Waals surface area contributed by atoms with E-state index in [2.05, 4.69) is 5.32 Å². The van der Waals surface area contributed by atoms with Gasteiger partial charge in [-0.2, -0.15) is 0 Å². The molecule has 1 aromatic rings. The van der Waals surface area contributed by atoms with Crippen LogP contribution in [0.4, 0.5) is 0 Å². The number of carbonyl (C=O) groups is 1. The zero-order valence-corrected chi connectivity index (χ0v) is 11.6. The third-order valence-corrected chi connectivity index (χ3v) is 3.21. The fourth-order valence-corrected chi connectivity index (χ4v) is 1.84. The summed E-state index contributed by atoms with van der Waals surface area (Å²) < 4.78 is 0. The van der Waals surface area contributed by atoms with Gasteiger partial charge >= 0.3 is 0 Å². The quantitative estimate of drug-likeness (QED) is 0.730. The van der Waals surface area contributed by atoms with Gasteiger partial charge in [-0.05, 0) is 31.2 Å². The molecule has 5 heteroatoms. The first-order valence-electron chi connectivity index (χ1n) is 6.45. The number of nitrogens with two attached hydrogens (primary N) is 1. The highest BCUT2D eigenvalue weighted by Gasteiger charge is 2.29. The Labute approximate surface area is 119 Å². The van der Waals surface area contributed by atoms with Crippen LogP contribution in [0.15, 0.2) is 30.3 Å². The predicted octanol–water partition coefficient (Wildman–Crippen LogP) is 1.01. The molecule has 0 radical (unpaired) electrons. The monoisotopic (exact) mass is 284 g/mol. The van der Waals surface area contributed by atoms with Crippen LogP contribution >= 0.6 is 12.4 Å². The van der Waals surface area contributed by atoms with Crippen molar-refractivity contribution in [2.75, 3.05) is 0 Å². The molecule has 2 rings (SSSR count). The Morgan fingerprint density at radius 1 is 1.37 bits per heavy atom. The minimum Gasteiger partial charge on any atom is -0.382 e. The summed E-state index contributed by atoms with van der Waals surface area (Å²) in [5, 5.41) is 12.6. The lowest BCUT2D eigenvalue weighted by atomic mass is 10.0. The summed E-state index contributed by atoms with van der Waals surface area (Å²) in [4.78, 5) is 11.6. The lowest BCUT2D eigenvalue weighted by Gasteiger charge is -2.18. The van der Waals surface area contributed by atoms with E-state index in [1.165, 1.54) is 5.56 Å². The van der Waals surface area contributed by atoms with E-state index in [0.717, 1.165) is 19.3 Å². The molecule has 106 valence electrons. The molecule has 0 bridgehead atoms. The van der Waals surface area contributed by atoms with Crippen molar-refractivity contribution in [1.29, 1.82) is 0 Å². The highest BCUT2D eigenvalue weighted by Crippen LogP contribution is 2.19. The number of aliphatic hydroxyl groups excluding tert-OH is 1. The molecule has 4 N–H and O–H groups in total. The fraction of sp³-hybridized carbons (Fsp3) is 0.500. The molecule has 0 heterocycles. The van der Waals surface area contributed by atoms with Crippen LogP contribution in [-0.2, 0) is 11.2 Å². The van der Waals surface area contributed by atoms with Crippen LogP contribution in [0, 0.1) is 0 Å². The summed E-state index contributed by atoms with van der Waals surface area (Å²) in [6, 6.07) is 9.68. The van der Waals surface area contributed by atoms with E-state index in [4.69, 9.17) is 5.73 Å². The highest BCUT2D eigenvalue weighted by atomic mass is 35.5. The molecule has 0 spiro atoms. The number of hydrogen-bond donors (Lipinski definition) is 3. The summed E-state index contributed by atoms with van der Waals surface area (Å²) in [5.74, 6) is -0.335. The molecule has 1 unspecified atom stereocenters. The summed E-state index contributed by atoms with van der Waals surface area (Å²) in [5.41, 5.74) is 7.02. The number of amides is 1. The topological polar surface area (TPSA) is 75.3 Å². The second-order valence-electron chi connectivity index (χ2n) is 4.92. The Hall–Kier alpha value is -1.10. The molecule has 2 atom stereocenters. The van der Waals surface area contributed by atoms with Crippen LogP contribution in [-0.4, -0.2) is 29.2 Å². The first-order chi connectivity index (χ1) is 8.66. The average Bonchev–Trinajstić information content (AvgIpc) is 3.20. The van der Waals surface area contributed by atoms with Crippen LogP contribution in [0.5, 0.6) is 0 Å². The molecule has 1 saturated carbocycles. The van der Waals surface area contributed by atoms with Crippen LogP contribution in [0.25, 0.3) is 0 Å². The molecule has 0 aromatic heterocycles. The average molecular weight is 285 g/mol. The minimum absolute atomic E-state index is 0. The van der Waals surface area contributed by atoms with Crippen molar-refractivity contribution < 1.29 is 9.90 Å². The lowest BCUT2D eigenvalue weighted by molar-refractivity contribution is -0.130. The van der Waals surface area contributed by atoms with E-state index in [1.807, 2.05) is 30.3 Å². The van der Waals surface area contributed by atoms with Crippen molar-refractivity contribution in [3.8, 4) is 0 Å². The van der Waals surface area contributed by atoms with Gasteiger partial charge in [-0.15, -0.1) is 12.4 Å². The molecule has 1 fully saturated rings. The third kappa shape index (κ3) is 5.19. The minimum atomic E-state index is -1.10. The van der Waals surface area contributed by atoms with Gasteiger partial charge < -0.3 is 16.2 Å². The molecule has 0 aliphatic heterocycles. The van der Waals surface area contributed by atoms with Crippen LogP contribution in [0.3, 0.4) is 0 Å². The zero-order chi connectivity index (χ0) is 13.0. The van der Waals surface area contributed by atoms with Crippen molar-refractivity contribution in [2.45, 2.75) is 43.9 Å². The Balaban J connectivity index is 0.00000180. The normalized spacial score (nSPS) is 17.2. The van der Waals surface area contributed by atoms with Crippen molar-refractivity contribution in [3.63, 3.8) is 0 Å². The van der Waals surface area contributed by atoms with Gasteiger partial charge in [-0.3, -0.25) is 4.79 Å². The maximum absolute atomic E-state index is 11.6. The number of benzene rings is 1. The van der Waals surface area contributed by atoms with Crippen LogP contribution in [0.1, 0.15) is 24.8 Å². The Kier molecular flexibility index (Phi) is 6.28. The smallest absolute Gasteiger partial charge is 0.250 e. The molecule has 19 heavy (non-hydrogen) atoms. The standard InChI is InChI=1S/C14H20N2O2.ClH/c15-12(9-6-10-4-2-1-3-5-10)13(17)14(18)16-11-7-8-11;/h1-5,11-13,17H,6-9,15H2,(H,16,18);1H/t12-,13?;/m0./s1. The zero-order valence-electron chi connectivity index (χ0n) is 10.8. The number of carbonyl (C=O) groups excluding carboxylic acids is 1. The Morgan fingerprint density at radius 3 is 2.58 bits per heavy atom. The maximum Gasteiger partial charge on any atom is 0.250 e. The predicted molar refractivity (Wildman–Crippen MR) is 77.2 cm³/mol. The number of halogens is 1. The number of rotatable bonds is 6. The van der Waals surface area contributed by atoms with Gasteiger partial charge in [-0.25, -0.2) is 0 Å². The van der Waals surface area contributed by atoms with Crippen molar-refractivity contribution in [3.05, 3.63) is 35.9 Å². The van der Waals surface area contributed by atoms with Gasteiger partial charge in [0.25, 0.3) is 5.91 Å². The molecular formula is C14H21ClN2O2. The number of aliphatic hydroxyl groups is 1. The van der Waals surface area contributed by atoms with E-state index in [-0.39, 0.29) is 24.4 Å². The third-order valence-electron chi connectivity index (χ3n) is 3.21. The van der Waals surface area contributed by atoms with E-state index in [0.29, 0.717) is 6.42 Å². The maximum atomic E-state index is 11.6. The summed E-state index contributed by atoms with van der Waals surface area (Å²) in [6.07, 6.45) is 2.29. The first-order valence-corrected chi connectivity index (χ1v) is 6.45. The largest absolute Gasteiger partial charge is 0.382 e. The lowest BCUT2D eigenvalue weighted by Crippen LogP contribution is -2.47. The second-order valence-corrected chi connectivity index (χ2v) is 4.92. The Morgan fingerprint density at radius 2 is 2.00 bits per heavy atom. The van der Waals surface area contributed by atoms with Gasteiger partial charge in [0.1, 0.15) is 6.10 Å². The van der Waals surface area contributed by atoms with Crippen molar-refractivity contribution in [2.24, 2.45) is 5.73 Å². The molecule has 1 aliphatic carbocycles. The van der Waals surface area contributed by atoms with E-state index in [9.17, 15) is 9.90 Å².